The number of halogens is 2. The van der Waals surface area contributed by atoms with Gasteiger partial charge >= 0.3 is 0 Å². The third kappa shape index (κ3) is 3.11. The predicted molar refractivity (Wildman–Crippen MR) is 66.6 cm³/mol. The molecule has 0 unspecified atom stereocenters. The van der Waals surface area contributed by atoms with Crippen LogP contribution in [0.5, 0.6) is 5.75 Å². The maximum absolute atomic E-state index is 13.0. The van der Waals surface area contributed by atoms with Gasteiger partial charge in [0, 0.05) is 11.1 Å². The summed E-state index contributed by atoms with van der Waals surface area (Å²) >= 11 is 5.84. The van der Waals surface area contributed by atoms with E-state index in [-0.39, 0.29) is 5.82 Å². The second-order valence-electron chi connectivity index (χ2n) is 3.60. The van der Waals surface area contributed by atoms with Gasteiger partial charge in [-0.1, -0.05) is 23.7 Å². The fourth-order valence-electron chi connectivity index (χ4n) is 1.42. The highest BCUT2D eigenvalue weighted by molar-refractivity contribution is 6.30. The second kappa shape index (κ2) is 5.06. The first-order chi connectivity index (χ1) is 8.15. The summed E-state index contributed by atoms with van der Waals surface area (Å²) in [6.07, 6.45) is 0. The Balaban J connectivity index is 2.09. The number of nitrogens with two attached hydrogens (primary N) is 1. The Hall–Kier alpha value is -1.74. The van der Waals surface area contributed by atoms with E-state index in [1.807, 2.05) is 12.1 Å². The zero-order valence-corrected chi connectivity index (χ0v) is 9.75. The summed E-state index contributed by atoms with van der Waals surface area (Å²) in [4.78, 5) is 0. The van der Waals surface area contributed by atoms with Crippen molar-refractivity contribution in [3.05, 3.63) is 58.9 Å². The molecule has 0 fully saturated rings. The Morgan fingerprint density at radius 1 is 1.18 bits per heavy atom. The lowest BCUT2D eigenvalue weighted by atomic mass is 10.2. The molecule has 2 N–H and O–H groups in total. The number of hydrogen-bond acceptors (Lipinski definition) is 2. The van der Waals surface area contributed by atoms with Gasteiger partial charge in [0.05, 0.1) is 5.69 Å². The Morgan fingerprint density at radius 2 is 2.00 bits per heavy atom. The molecule has 0 aliphatic carbocycles. The lowest BCUT2D eigenvalue weighted by Gasteiger charge is -2.09. The highest BCUT2D eigenvalue weighted by Gasteiger charge is 2.03. The number of nitrogen functional groups attached to an aromatic ring is 1. The lowest BCUT2D eigenvalue weighted by Crippen LogP contribution is -1.99. The topological polar surface area (TPSA) is 35.2 Å². The van der Waals surface area contributed by atoms with Crippen molar-refractivity contribution in [3.63, 3.8) is 0 Å². The summed E-state index contributed by atoms with van der Waals surface area (Å²) in [5.74, 6) is -0.0368. The maximum Gasteiger partial charge on any atom is 0.145 e. The molecule has 0 saturated carbocycles. The van der Waals surface area contributed by atoms with Gasteiger partial charge < -0.3 is 10.5 Å². The Bertz CT molecular complexity index is 531. The lowest BCUT2D eigenvalue weighted by molar-refractivity contribution is 0.306. The van der Waals surface area contributed by atoms with E-state index in [9.17, 15) is 4.39 Å². The summed E-state index contributed by atoms with van der Waals surface area (Å²) in [6.45, 7) is 0.300. The molecule has 2 aromatic rings. The maximum atomic E-state index is 13.0. The van der Waals surface area contributed by atoms with Gasteiger partial charge in [0.2, 0.25) is 0 Å². The van der Waals surface area contributed by atoms with Crippen LogP contribution in [0.4, 0.5) is 10.1 Å². The third-order valence-corrected chi connectivity index (χ3v) is 2.49. The number of anilines is 1. The van der Waals surface area contributed by atoms with Crippen molar-refractivity contribution in [2.75, 3.05) is 5.73 Å². The minimum Gasteiger partial charge on any atom is -0.487 e. The van der Waals surface area contributed by atoms with Crippen LogP contribution in [0, 0.1) is 5.82 Å². The molecule has 0 amide bonds. The second-order valence-corrected chi connectivity index (χ2v) is 4.04. The molecule has 17 heavy (non-hydrogen) atoms. The highest BCUT2D eigenvalue weighted by atomic mass is 35.5. The van der Waals surface area contributed by atoms with E-state index in [1.165, 1.54) is 18.2 Å². The van der Waals surface area contributed by atoms with Crippen molar-refractivity contribution in [1.82, 2.24) is 0 Å². The minimum atomic E-state index is -0.375. The monoisotopic (exact) mass is 251 g/mol. The van der Waals surface area contributed by atoms with Gasteiger partial charge in [-0.25, -0.2) is 4.39 Å². The van der Waals surface area contributed by atoms with Crippen molar-refractivity contribution < 1.29 is 9.13 Å². The quantitative estimate of drug-likeness (QED) is 0.846. The van der Waals surface area contributed by atoms with Gasteiger partial charge in [0.1, 0.15) is 18.2 Å². The van der Waals surface area contributed by atoms with Crippen LogP contribution in [-0.4, -0.2) is 0 Å². The Morgan fingerprint density at radius 3 is 2.76 bits per heavy atom. The van der Waals surface area contributed by atoms with Crippen LogP contribution in [0.15, 0.2) is 42.5 Å². The molecule has 2 aromatic carbocycles. The molecule has 0 atom stereocenters. The van der Waals surface area contributed by atoms with Crippen molar-refractivity contribution in [3.8, 4) is 5.75 Å². The van der Waals surface area contributed by atoms with Gasteiger partial charge in [0.25, 0.3) is 0 Å². The molecule has 2 nitrogen and oxygen atoms in total. The molecule has 0 aliphatic rings. The first-order valence-corrected chi connectivity index (χ1v) is 5.45. The van der Waals surface area contributed by atoms with Gasteiger partial charge in [0.15, 0.2) is 0 Å². The molecule has 88 valence electrons. The van der Waals surface area contributed by atoms with Crippen LogP contribution >= 0.6 is 11.6 Å². The molecular formula is C13H11ClFNO. The van der Waals surface area contributed by atoms with Gasteiger partial charge in [-0.15, -0.1) is 0 Å². The summed E-state index contributed by atoms with van der Waals surface area (Å²) in [6, 6.07) is 11.3. The zero-order valence-electron chi connectivity index (χ0n) is 8.99. The smallest absolute Gasteiger partial charge is 0.145 e. The molecule has 4 heteroatoms. The van der Waals surface area contributed by atoms with Gasteiger partial charge in [-0.3, -0.25) is 0 Å². The molecule has 0 bridgehead atoms. The predicted octanol–water partition coefficient (Wildman–Crippen LogP) is 3.64. The molecule has 0 heterocycles. The first-order valence-electron chi connectivity index (χ1n) is 5.07. The van der Waals surface area contributed by atoms with Crippen molar-refractivity contribution in [2.24, 2.45) is 0 Å². The summed E-state index contributed by atoms with van der Waals surface area (Å²) in [5, 5.41) is 0.637. The summed E-state index contributed by atoms with van der Waals surface area (Å²) in [5.41, 5.74) is 6.98. The average Bonchev–Trinajstić information content (AvgIpc) is 2.30. The number of ether oxygens (including phenoxy) is 1. The van der Waals surface area contributed by atoms with E-state index in [4.69, 9.17) is 22.1 Å². The van der Waals surface area contributed by atoms with E-state index in [2.05, 4.69) is 0 Å². The molecule has 0 saturated heterocycles. The van der Waals surface area contributed by atoms with E-state index < -0.39 is 0 Å². The SMILES string of the molecule is Nc1ccc(F)cc1OCc1cccc(Cl)c1. The zero-order chi connectivity index (χ0) is 12.3. The van der Waals surface area contributed by atoms with Crippen LogP contribution < -0.4 is 10.5 Å². The van der Waals surface area contributed by atoms with Crippen LogP contribution in [-0.2, 0) is 6.61 Å². The third-order valence-electron chi connectivity index (χ3n) is 2.26. The Kier molecular flexibility index (Phi) is 3.49. The summed E-state index contributed by atoms with van der Waals surface area (Å²) in [7, 11) is 0. The first kappa shape index (κ1) is 11.7. The van der Waals surface area contributed by atoms with E-state index in [0.29, 0.717) is 23.1 Å². The normalized spacial score (nSPS) is 10.2. The van der Waals surface area contributed by atoms with Crippen LogP contribution in [0.25, 0.3) is 0 Å². The molecule has 2 rings (SSSR count). The fraction of sp³-hybridized carbons (Fsp3) is 0.0769. The molecule has 0 spiro atoms. The highest BCUT2D eigenvalue weighted by Crippen LogP contribution is 2.23. The van der Waals surface area contributed by atoms with Crippen molar-refractivity contribution in [1.29, 1.82) is 0 Å². The van der Waals surface area contributed by atoms with Gasteiger partial charge in [-0.2, -0.15) is 0 Å². The van der Waals surface area contributed by atoms with E-state index >= 15 is 0 Å². The van der Waals surface area contributed by atoms with E-state index in [1.54, 1.807) is 12.1 Å². The number of hydrogen-bond donors (Lipinski definition) is 1. The Labute approximate surface area is 104 Å². The molecular weight excluding hydrogens is 241 g/mol. The van der Waals surface area contributed by atoms with Crippen molar-refractivity contribution in [2.45, 2.75) is 6.61 Å². The fourth-order valence-corrected chi connectivity index (χ4v) is 1.63. The van der Waals surface area contributed by atoms with Crippen LogP contribution in [0.2, 0.25) is 5.02 Å². The average molecular weight is 252 g/mol. The number of benzene rings is 2. The standard InChI is InChI=1S/C13H11ClFNO/c14-10-3-1-2-9(6-10)8-17-13-7-11(15)4-5-12(13)16/h1-7H,8,16H2. The van der Waals surface area contributed by atoms with Gasteiger partial charge in [-0.05, 0) is 29.8 Å². The number of rotatable bonds is 3. The van der Waals surface area contributed by atoms with Crippen molar-refractivity contribution >= 4 is 17.3 Å². The van der Waals surface area contributed by atoms with Crippen LogP contribution in [0.3, 0.4) is 0 Å². The summed E-state index contributed by atoms with van der Waals surface area (Å²) < 4.78 is 18.4. The molecule has 0 radical (unpaired) electrons. The largest absolute Gasteiger partial charge is 0.487 e. The van der Waals surface area contributed by atoms with Crippen LogP contribution in [0.1, 0.15) is 5.56 Å². The molecule has 0 aliphatic heterocycles. The van der Waals surface area contributed by atoms with E-state index in [0.717, 1.165) is 5.56 Å². The minimum absolute atomic E-state index is 0.300. The molecule has 0 aromatic heterocycles.